The van der Waals surface area contributed by atoms with Gasteiger partial charge in [-0.2, -0.15) is 0 Å². The van der Waals surface area contributed by atoms with Crippen LogP contribution in [-0.4, -0.2) is 49.3 Å². The highest BCUT2D eigenvalue weighted by molar-refractivity contribution is 5.63. The molecule has 22 heavy (non-hydrogen) atoms. The molecule has 0 N–H and O–H groups in total. The van der Waals surface area contributed by atoms with Crippen LogP contribution in [0.3, 0.4) is 0 Å². The van der Waals surface area contributed by atoms with E-state index in [2.05, 4.69) is 48.8 Å². The Bertz CT molecular complexity index is 551. The molecule has 0 saturated carbocycles. The van der Waals surface area contributed by atoms with Crippen LogP contribution in [0.1, 0.15) is 44.2 Å². The van der Waals surface area contributed by atoms with Crippen LogP contribution in [0.25, 0.3) is 0 Å². The molecule has 2 fully saturated rings. The minimum absolute atomic E-state index is 0.219. The van der Waals surface area contributed by atoms with Gasteiger partial charge in [-0.25, -0.2) is 0 Å². The molecule has 3 aliphatic heterocycles. The molecule has 1 aromatic rings. The molecule has 1 unspecified atom stereocenters. The first-order valence-electron chi connectivity index (χ1n) is 8.75. The number of nitrogens with zero attached hydrogens (tertiary/aromatic N) is 2. The summed E-state index contributed by atoms with van der Waals surface area (Å²) in [4.78, 5) is 5.20. The number of fused-ring (bicyclic) bond motifs is 1. The van der Waals surface area contributed by atoms with Gasteiger partial charge in [-0.1, -0.05) is 12.1 Å². The molecular formula is C19H28N2O. The Labute approximate surface area is 134 Å². The van der Waals surface area contributed by atoms with Gasteiger partial charge >= 0.3 is 0 Å². The number of hydrogen-bond acceptors (Lipinski definition) is 3. The van der Waals surface area contributed by atoms with Crippen molar-refractivity contribution in [2.45, 2.75) is 51.1 Å². The summed E-state index contributed by atoms with van der Waals surface area (Å²) in [5.74, 6) is 0.732. The number of ether oxygens (including phenoxy) is 1. The van der Waals surface area contributed by atoms with Crippen molar-refractivity contribution in [1.29, 1.82) is 0 Å². The second-order valence-corrected chi connectivity index (χ2v) is 8.09. The molecule has 0 aromatic heterocycles. The monoisotopic (exact) mass is 300 g/mol. The smallest absolute Gasteiger partial charge is 0.0622 e. The highest BCUT2D eigenvalue weighted by atomic mass is 16.5. The summed E-state index contributed by atoms with van der Waals surface area (Å²) >= 11 is 0. The predicted molar refractivity (Wildman–Crippen MR) is 90.8 cm³/mol. The molecule has 3 heteroatoms. The fraction of sp³-hybridized carbons (Fsp3) is 0.684. The highest BCUT2D eigenvalue weighted by Gasteiger charge is 2.38. The molecule has 2 saturated heterocycles. The predicted octanol–water partition coefficient (Wildman–Crippen LogP) is 3.04. The molecule has 3 heterocycles. The van der Waals surface area contributed by atoms with E-state index >= 15 is 0 Å². The quantitative estimate of drug-likeness (QED) is 0.835. The van der Waals surface area contributed by atoms with Crippen LogP contribution < -0.4 is 4.90 Å². The van der Waals surface area contributed by atoms with Crippen molar-refractivity contribution in [3.05, 3.63) is 29.3 Å². The van der Waals surface area contributed by atoms with Gasteiger partial charge in [0.15, 0.2) is 0 Å². The van der Waals surface area contributed by atoms with Crippen LogP contribution in [-0.2, 0) is 11.2 Å². The Balaban J connectivity index is 1.52. The Hall–Kier alpha value is -1.06. The summed E-state index contributed by atoms with van der Waals surface area (Å²) in [6.07, 6.45) is 2.43. The Morgan fingerprint density at radius 1 is 1.18 bits per heavy atom. The van der Waals surface area contributed by atoms with Crippen molar-refractivity contribution >= 4 is 5.69 Å². The van der Waals surface area contributed by atoms with Gasteiger partial charge in [-0.15, -0.1) is 0 Å². The summed E-state index contributed by atoms with van der Waals surface area (Å²) < 4.78 is 5.53. The van der Waals surface area contributed by atoms with Gasteiger partial charge in [0.2, 0.25) is 0 Å². The number of rotatable bonds is 2. The van der Waals surface area contributed by atoms with E-state index in [0.717, 1.165) is 19.1 Å². The van der Waals surface area contributed by atoms with Crippen molar-refractivity contribution in [3.8, 4) is 0 Å². The lowest BCUT2D eigenvalue weighted by Crippen LogP contribution is -2.51. The minimum atomic E-state index is 0.219. The fourth-order valence-electron chi connectivity index (χ4n) is 4.36. The molecule has 0 amide bonds. The first-order valence-corrected chi connectivity index (χ1v) is 8.75. The van der Waals surface area contributed by atoms with Gasteiger partial charge in [0.25, 0.3) is 0 Å². The average molecular weight is 300 g/mol. The third kappa shape index (κ3) is 2.35. The fourth-order valence-corrected chi connectivity index (χ4v) is 4.36. The van der Waals surface area contributed by atoms with Crippen molar-refractivity contribution < 1.29 is 4.74 Å². The molecule has 1 aromatic carbocycles. The third-order valence-corrected chi connectivity index (χ3v) is 5.65. The Morgan fingerprint density at radius 2 is 2.00 bits per heavy atom. The molecule has 0 aliphatic carbocycles. The summed E-state index contributed by atoms with van der Waals surface area (Å²) in [6, 6.07) is 7.63. The highest BCUT2D eigenvalue weighted by Crippen LogP contribution is 2.40. The zero-order chi connectivity index (χ0) is 15.3. The van der Waals surface area contributed by atoms with Gasteiger partial charge < -0.3 is 9.64 Å². The lowest BCUT2D eigenvalue weighted by molar-refractivity contribution is 0.0773. The average Bonchev–Trinajstić information content (AvgIpc) is 3.04. The lowest BCUT2D eigenvalue weighted by atomic mass is 9.86. The summed E-state index contributed by atoms with van der Waals surface area (Å²) in [5.41, 5.74) is 4.92. The van der Waals surface area contributed by atoms with E-state index in [1.165, 1.54) is 38.2 Å². The van der Waals surface area contributed by atoms with E-state index in [9.17, 15) is 0 Å². The minimum Gasteiger partial charge on any atom is -0.380 e. The molecule has 3 aliphatic rings. The second-order valence-electron chi connectivity index (χ2n) is 8.09. The Kier molecular flexibility index (Phi) is 3.46. The normalized spacial score (nSPS) is 26.3. The zero-order valence-corrected chi connectivity index (χ0v) is 14.1. The standard InChI is InChI=1S/C19H28N2O/c1-19(2,3)21-9-7-17-16(5-4-6-18(17)21)14-11-20(12-14)15-8-10-22-13-15/h4-6,14-15H,7-13H2,1-3H3. The van der Waals surface area contributed by atoms with E-state index < -0.39 is 0 Å². The first-order chi connectivity index (χ1) is 10.5. The van der Waals surface area contributed by atoms with Gasteiger partial charge in [0.1, 0.15) is 0 Å². The molecule has 0 bridgehead atoms. The van der Waals surface area contributed by atoms with Crippen LogP contribution in [0.5, 0.6) is 0 Å². The van der Waals surface area contributed by atoms with E-state index in [1.54, 1.807) is 11.1 Å². The second kappa shape index (κ2) is 5.24. The van der Waals surface area contributed by atoms with Crippen LogP contribution in [0, 0.1) is 0 Å². The van der Waals surface area contributed by atoms with Gasteiger partial charge in [-0.3, -0.25) is 4.90 Å². The van der Waals surface area contributed by atoms with E-state index in [-0.39, 0.29) is 5.54 Å². The molecular weight excluding hydrogens is 272 g/mol. The van der Waals surface area contributed by atoms with E-state index in [1.807, 2.05) is 0 Å². The summed E-state index contributed by atoms with van der Waals surface area (Å²) in [5, 5.41) is 0. The van der Waals surface area contributed by atoms with Crippen LogP contribution in [0.15, 0.2) is 18.2 Å². The zero-order valence-electron chi connectivity index (χ0n) is 14.1. The van der Waals surface area contributed by atoms with E-state index in [0.29, 0.717) is 6.04 Å². The first kappa shape index (κ1) is 14.5. The Morgan fingerprint density at radius 3 is 2.68 bits per heavy atom. The van der Waals surface area contributed by atoms with Crippen molar-refractivity contribution in [3.63, 3.8) is 0 Å². The lowest BCUT2D eigenvalue weighted by Gasteiger charge is -2.43. The SMILES string of the molecule is CC(C)(C)N1CCc2c(C3CN(C4CCOC4)C3)cccc21. The molecule has 120 valence electrons. The van der Waals surface area contributed by atoms with Gasteiger partial charge in [0.05, 0.1) is 6.61 Å². The van der Waals surface area contributed by atoms with Crippen molar-refractivity contribution in [2.75, 3.05) is 37.7 Å². The number of benzene rings is 1. The number of anilines is 1. The van der Waals surface area contributed by atoms with E-state index in [4.69, 9.17) is 4.74 Å². The van der Waals surface area contributed by atoms with Crippen molar-refractivity contribution in [1.82, 2.24) is 4.90 Å². The molecule has 4 rings (SSSR count). The maximum absolute atomic E-state index is 5.53. The maximum atomic E-state index is 5.53. The van der Waals surface area contributed by atoms with Crippen LogP contribution >= 0.6 is 0 Å². The summed E-state index contributed by atoms with van der Waals surface area (Å²) in [7, 11) is 0. The number of likely N-dealkylation sites (tertiary alicyclic amines) is 1. The van der Waals surface area contributed by atoms with Crippen molar-refractivity contribution in [2.24, 2.45) is 0 Å². The van der Waals surface area contributed by atoms with Gasteiger partial charge in [-0.05, 0) is 50.8 Å². The van der Waals surface area contributed by atoms with Gasteiger partial charge in [0, 0.05) is 49.4 Å². The molecule has 0 spiro atoms. The van der Waals surface area contributed by atoms with Crippen LogP contribution in [0.2, 0.25) is 0 Å². The molecule has 3 nitrogen and oxygen atoms in total. The summed E-state index contributed by atoms with van der Waals surface area (Å²) in [6.45, 7) is 12.5. The maximum Gasteiger partial charge on any atom is 0.0622 e. The number of hydrogen-bond donors (Lipinski definition) is 0. The molecule has 0 radical (unpaired) electrons. The largest absolute Gasteiger partial charge is 0.380 e. The topological polar surface area (TPSA) is 15.7 Å². The third-order valence-electron chi connectivity index (χ3n) is 5.65. The van der Waals surface area contributed by atoms with Crippen LogP contribution in [0.4, 0.5) is 5.69 Å². The molecule has 1 atom stereocenters.